The van der Waals surface area contributed by atoms with Crippen molar-refractivity contribution in [1.29, 1.82) is 0 Å². The molecule has 1 aromatic carbocycles. The fraction of sp³-hybridized carbons (Fsp3) is 0.467. The molecule has 0 unspecified atom stereocenters. The average Bonchev–Trinajstić information content (AvgIpc) is 2.48. The van der Waals surface area contributed by atoms with Gasteiger partial charge in [0.1, 0.15) is 12.4 Å². The van der Waals surface area contributed by atoms with Gasteiger partial charge in [-0.2, -0.15) is 0 Å². The maximum atomic E-state index is 11.6. The second-order valence-corrected chi connectivity index (χ2v) is 6.06. The molecule has 23 heavy (non-hydrogen) atoms. The molecule has 0 heterocycles. The van der Waals surface area contributed by atoms with E-state index in [1.807, 2.05) is 38.1 Å². The summed E-state index contributed by atoms with van der Waals surface area (Å²) in [6.45, 7) is 4.32. The quantitative estimate of drug-likeness (QED) is 0.568. The van der Waals surface area contributed by atoms with Gasteiger partial charge in [-0.3, -0.25) is 9.59 Å². The molecule has 0 aromatic heterocycles. The van der Waals surface area contributed by atoms with Crippen LogP contribution in [0.1, 0.15) is 13.8 Å². The van der Waals surface area contributed by atoms with Crippen LogP contribution < -0.4 is 21.1 Å². The average molecular weight is 409 g/mol. The van der Waals surface area contributed by atoms with Gasteiger partial charge in [-0.15, -0.1) is 12.4 Å². The second kappa shape index (κ2) is 11.3. The van der Waals surface area contributed by atoms with E-state index in [9.17, 15) is 9.59 Å². The molecule has 0 aliphatic carbocycles. The second-order valence-electron chi connectivity index (χ2n) is 5.14. The van der Waals surface area contributed by atoms with Crippen molar-refractivity contribution >= 4 is 40.2 Å². The van der Waals surface area contributed by atoms with Gasteiger partial charge in [0, 0.05) is 4.47 Å². The van der Waals surface area contributed by atoms with Gasteiger partial charge in [-0.25, -0.2) is 0 Å². The molecule has 2 amide bonds. The standard InChI is InChI=1S/C15H22BrN3O3.ClH/c1-10(2)14(17)15(21)19-9-13(20)18-6-7-22-12-5-3-4-11(16)8-12;/h3-5,8,10,14H,6-7,9,17H2,1-2H3,(H,18,20)(H,19,21);1H/t14-;/m0./s1. The van der Waals surface area contributed by atoms with Crippen LogP contribution in [0.25, 0.3) is 0 Å². The van der Waals surface area contributed by atoms with Gasteiger partial charge in [-0.1, -0.05) is 35.8 Å². The van der Waals surface area contributed by atoms with Gasteiger partial charge in [0.2, 0.25) is 11.8 Å². The van der Waals surface area contributed by atoms with Crippen molar-refractivity contribution in [1.82, 2.24) is 10.6 Å². The number of halogens is 2. The minimum absolute atomic E-state index is 0. The first kappa shape index (κ1) is 21.7. The highest BCUT2D eigenvalue weighted by Gasteiger charge is 2.17. The first-order chi connectivity index (χ1) is 10.4. The van der Waals surface area contributed by atoms with Crippen LogP contribution in [0, 0.1) is 5.92 Å². The summed E-state index contributed by atoms with van der Waals surface area (Å²) in [4.78, 5) is 23.2. The SMILES string of the molecule is CC(C)[C@H](N)C(=O)NCC(=O)NCCOc1cccc(Br)c1.Cl. The van der Waals surface area contributed by atoms with Crippen LogP contribution in [-0.4, -0.2) is 37.6 Å². The van der Waals surface area contributed by atoms with Crippen molar-refractivity contribution in [2.24, 2.45) is 11.7 Å². The van der Waals surface area contributed by atoms with E-state index in [1.165, 1.54) is 0 Å². The number of rotatable bonds is 8. The molecule has 130 valence electrons. The molecule has 0 radical (unpaired) electrons. The highest BCUT2D eigenvalue weighted by atomic mass is 79.9. The van der Waals surface area contributed by atoms with Gasteiger partial charge in [0.15, 0.2) is 0 Å². The van der Waals surface area contributed by atoms with E-state index in [4.69, 9.17) is 10.5 Å². The Labute approximate surface area is 151 Å². The van der Waals surface area contributed by atoms with E-state index in [-0.39, 0.29) is 36.7 Å². The molecule has 0 saturated carbocycles. The Balaban J connectivity index is 0.00000484. The van der Waals surface area contributed by atoms with E-state index in [2.05, 4.69) is 26.6 Å². The molecule has 0 fully saturated rings. The molecule has 1 aromatic rings. The van der Waals surface area contributed by atoms with Crippen LogP contribution in [0.5, 0.6) is 5.75 Å². The summed E-state index contributed by atoms with van der Waals surface area (Å²) >= 11 is 3.35. The number of hydrogen-bond donors (Lipinski definition) is 3. The number of ether oxygens (including phenoxy) is 1. The monoisotopic (exact) mass is 407 g/mol. The van der Waals surface area contributed by atoms with Crippen LogP contribution in [0.3, 0.4) is 0 Å². The Morgan fingerprint density at radius 2 is 2.00 bits per heavy atom. The van der Waals surface area contributed by atoms with Gasteiger partial charge < -0.3 is 21.1 Å². The Morgan fingerprint density at radius 3 is 2.61 bits per heavy atom. The lowest BCUT2D eigenvalue weighted by molar-refractivity contribution is -0.127. The summed E-state index contributed by atoms with van der Waals surface area (Å²) in [6, 6.07) is 6.84. The van der Waals surface area contributed by atoms with E-state index in [0.29, 0.717) is 13.2 Å². The molecular formula is C15H23BrClN3O3. The first-order valence-electron chi connectivity index (χ1n) is 7.08. The number of nitrogens with one attached hydrogen (secondary N) is 2. The van der Waals surface area contributed by atoms with Gasteiger partial charge >= 0.3 is 0 Å². The topological polar surface area (TPSA) is 93.5 Å². The maximum absolute atomic E-state index is 11.6. The Morgan fingerprint density at radius 1 is 1.30 bits per heavy atom. The zero-order valence-electron chi connectivity index (χ0n) is 13.2. The van der Waals surface area contributed by atoms with Crippen LogP contribution in [0.15, 0.2) is 28.7 Å². The van der Waals surface area contributed by atoms with Crippen LogP contribution in [0.4, 0.5) is 0 Å². The predicted octanol–water partition coefficient (Wildman–Crippen LogP) is 1.47. The van der Waals surface area contributed by atoms with Crippen molar-refractivity contribution < 1.29 is 14.3 Å². The minimum atomic E-state index is -0.604. The molecule has 1 rings (SSSR count). The van der Waals surface area contributed by atoms with Crippen molar-refractivity contribution in [3.63, 3.8) is 0 Å². The van der Waals surface area contributed by atoms with Crippen molar-refractivity contribution in [2.75, 3.05) is 19.7 Å². The number of amides is 2. The summed E-state index contributed by atoms with van der Waals surface area (Å²) in [5, 5.41) is 5.17. The third kappa shape index (κ3) is 8.78. The maximum Gasteiger partial charge on any atom is 0.239 e. The summed E-state index contributed by atoms with van der Waals surface area (Å²) in [6.07, 6.45) is 0. The number of carbonyl (C=O) groups is 2. The molecule has 6 nitrogen and oxygen atoms in total. The van der Waals surface area contributed by atoms with Crippen molar-refractivity contribution in [3.8, 4) is 5.75 Å². The number of nitrogens with two attached hydrogens (primary N) is 1. The van der Waals surface area contributed by atoms with E-state index in [1.54, 1.807) is 0 Å². The molecule has 0 spiro atoms. The number of hydrogen-bond acceptors (Lipinski definition) is 4. The third-order valence-electron chi connectivity index (χ3n) is 2.93. The molecule has 4 N–H and O–H groups in total. The molecule has 0 aliphatic rings. The summed E-state index contributed by atoms with van der Waals surface area (Å²) in [7, 11) is 0. The summed E-state index contributed by atoms with van der Waals surface area (Å²) in [5.74, 6) is 0.152. The lowest BCUT2D eigenvalue weighted by Crippen LogP contribution is -2.47. The fourth-order valence-electron chi connectivity index (χ4n) is 1.57. The molecule has 0 aliphatic heterocycles. The lowest BCUT2D eigenvalue weighted by Gasteiger charge is -2.15. The van der Waals surface area contributed by atoms with Crippen LogP contribution in [0.2, 0.25) is 0 Å². The molecule has 0 saturated heterocycles. The van der Waals surface area contributed by atoms with Crippen LogP contribution >= 0.6 is 28.3 Å². The van der Waals surface area contributed by atoms with Gasteiger partial charge in [0.25, 0.3) is 0 Å². The zero-order valence-corrected chi connectivity index (χ0v) is 15.6. The summed E-state index contributed by atoms with van der Waals surface area (Å²) < 4.78 is 6.41. The van der Waals surface area contributed by atoms with Crippen molar-refractivity contribution in [3.05, 3.63) is 28.7 Å². The number of carbonyl (C=O) groups excluding carboxylic acids is 2. The van der Waals surface area contributed by atoms with E-state index in [0.717, 1.165) is 10.2 Å². The predicted molar refractivity (Wildman–Crippen MR) is 95.7 cm³/mol. The largest absolute Gasteiger partial charge is 0.492 e. The van der Waals surface area contributed by atoms with Gasteiger partial charge in [0.05, 0.1) is 19.1 Å². The highest BCUT2D eigenvalue weighted by molar-refractivity contribution is 9.10. The zero-order chi connectivity index (χ0) is 16.5. The summed E-state index contributed by atoms with van der Waals surface area (Å²) in [5.41, 5.74) is 5.68. The Kier molecular flexibility index (Phi) is 10.6. The molecule has 8 heteroatoms. The molecule has 1 atom stereocenters. The fourth-order valence-corrected chi connectivity index (χ4v) is 1.94. The lowest BCUT2D eigenvalue weighted by atomic mass is 10.1. The van der Waals surface area contributed by atoms with Crippen molar-refractivity contribution in [2.45, 2.75) is 19.9 Å². The normalized spacial score (nSPS) is 11.3. The minimum Gasteiger partial charge on any atom is -0.492 e. The van der Waals surface area contributed by atoms with Crippen LogP contribution in [-0.2, 0) is 9.59 Å². The van der Waals surface area contributed by atoms with Gasteiger partial charge in [-0.05, 0) is 24.1 Å². The highest BCUT2D eigenvalue weighted by Crippen LogP contribution is 2.17. The molecular weight excluding hydrogens is 386 g/mol. The van der Waals surface area contributed by atoms with E-state index < -0.39 is 6.04 Å². The first-order valence-corrected chi connectivity index (χ1v) is 7.88. The molecule has 0 bridgehead atoms. The van der Waals surface area contributed by atoms with E-state index >= 15 is 0 Å². The number of benzene rings is 1. The smallest absolute Gasteiger partial charge is 0.239 e. The Bertz CT molecular complexity index is 514. The third-order valence-corrected chi connectivity index (χ3v) is 3.43. The Hall–Kier alpha value is -1.31.